The molecule has 5 nitrogen and oxygen atoms in total. The van der Waals surface area contributed by atoms with Gasteiger partial charge in [0.2, 0.25) is 0 Å². The predicted molar refractivity (Wildman–Crippen MR) is 84.9 cm³/mol. The Morgan fingerprint density at radius 2 is 2.09 bits per heavy atom. The van der Waals surface area contributed by atoms with E-state index in [0.717, 1.165) is 24.3 Å². The predicted octanol–water partition coefficient (Wildman–Crippen LogP) is 2.00. The summed E-state index contributed by atoms with van der Waals surface area (Å²) in [5, 5.41) is 21.0. The lowest BCUT2D eigenvalue weighted by Gasteiger charge is -2.44. The molecule has 2 N–H and O–H groups in total. The first kappa shape index (κ1) is 15.6. The Bertz CT molecular complexity index is 559. The molecule has 6 heteroatoms. The van der Waals surface area contributed by atoms with Gasteiger partial charge in [0.1, 0.15) is 18.6 Å². The molecule has 1 fully saturated rings. The van der Waals surface area contributed by atoms with Gasteiger partial charge in [0, 0.05) is 18.2 Å². The van der Waals surface area contributed by atoms with Gasteiger partial charge in [-0.05, 0) is 42.4 Å². The quantitative estimate of drug-likeness (QED) is 0.890. The molecule has 3 rings (SSSR count). The van der Waals surface area contributed by atoms with Crippen molar-refractivity contribution >= 4 is 17.7 Å². The van der Waals surface area contributed by atoms with Crippen LogP contribution in [0.4, 0.5) is 0 Å². The standard InChI is InChI=1S/C16H21NO4S/c1-21-9-17-14(10-5-7-22-8-6-10)15(19)13-11(16(17)20)3-2-4-12(13)18/h2-4,10,14-15,18-19H,5-9H2,1H3. The van der Waals surface area contributed by atoms with Gasteiger partial charge >= 0.3 is 0 Å². The van der Waals surface area contributed by atoms with Crippen molar-refractivity contribution in [3.05, 3.63) is 29.3 Å². The number of aromatic hydroxyl groups is 1. The third kappa shape index (κ3) is 2.59. The molecule has 1 saturated heterocycles. The highest BCUT2D eigenvalue weighted by Crippen LogP contribution is 2.42. The van der Waals surface area contributed by atoms with Crippen LogP contribution in [-0.4, -0.2) is 52.4 Å². The third-order valence-electron chi connectivity index (χ3n) is 4.57. The molecule has 0 saturated carbocycles. The van der Waals surface area contributed by atoms with Crippen LogP contribution in [0.5, 0.6) is 5.75 Å². The lowest BCUT2D eigenvalue weighted by atomic mass is 9.81. The summed E-state index contributed by atoms with van der Waals surface area (Å²) in [4.78, 5) is 14.4. The molecule has 1 amide bonds. The molecule has 1 aromatic rings. The monoisotopic (exact) mass is 323 g/mol. The van der Waals surface area contributed by atoms with E-state index in [0.29, 0.717) is 11.1 Å². The van der Waals surface area contributed by atoms with Gasteiger partial charge in [0.15, 0.2) is 0 Å². The second-order valence-electron chi connectivity index (χ2n) is 5.82. The van der Waals surface area contributed by atoms with Crippen LogP contribution in [-0.2, 0) is 4.74 Å². The second kappa shape index (κ2) is 6.48. The van der Waals surface area contributed by atoms with Crippen molar-refractivity contribution in [3.63, 3.8) is 0 Å². The highest BCUT2D eigenvalue weighted by Gasteiger charge is 2.44. The first-order valence-corrected chi connectivity index (χ1v) is 8.68. The summed E-state index contributed by atoms with van der Waals surface area (Å²) in [6.07, 6.45) is 1.04. The van der Waals surface area contributed by atoms with Gasteiger partial charge in [-0.25, -0.2) is 0 Å². The maximum atomic E-state index is 12.8. The van der Waals surface area contributed by atoms with Gasteiger partial charge in [-0.1, -0.05) is 6.07 Å². The van der Waals surface area contributed by atoms with E-state index in [1.165, 1.54) is 6.07 Å². The van der Waals surface area contributed by atoms with Crippen LogP contribution in [0.3, 0.4) is 0 Å². The molecule has 2 heterocycles. The molecule has 120 valence electrons. The van der Waals surface area contributed by atoms with E-state index in [4.69, 9.17) is 4.74 Å². The van der Waals surface area contributed by atoms with Crippen molar-refractivity contribution in [2.75, 3.05) is 25.3 Å². The summed E-state index contributed by atoms with van der Waals surface area (Å²) in [6, 6.07) is 4.46. The number of methoxy groups -OCH3 is 1. The van der Waals surface area contributed by atoms with Crippen LogP contribution >= 0.6 is 11.8 Å². The van der Waals surface area contributed by atoms with Crippen molar-refractivity contribution in [1.82, 2.24) is 4.90 Å². The van der Waals surface area contributed by atoms with Gasteiger partial charge in [-0.3, -0.25) is 4.79 Å². The van der Waals surface area contributed by atoms with Crippen LogP contribution in [0.2, 0.25) is 0 Å². The van der Waals surface area contributed by atoms with Gasteiger partial charge in [-0.2, -0.15) is 11.8 Å². The molecule has 2 aliphatic heterocycles. The van der Waals surface area contributed by atoms with E-state index >= 15 is 0 Å². The number of thioether (sulfide) groups is 1. The number of hydrogen-bond acceptors (Lipinski definition) is 5. The van der Waals surface area contributed by atoms with E-state index < -0.39 is 6.10 Å². The average Bonchev–Trinajstić information content (AvgIpc) is 2.53. The molecule has 0 radical (unpaired) electrons. The summed E-state index contributed by atoms with van der Waals surface area (Å²) in [6.45, 7) is 0.152. The molecule has 1 aromatic carbocycles. The van der Waals surface area contributed by atoms with Crippen molar-refractivity contribution in [1.29, 1.82) is 0 Å². The van der Waals surface area contributed by atoms with Crippen LogP contribution < -0.4 is 0 Å². The molecule has 0 aromatic heterocycles. The van der Waals surface area contributed by atoms with Crippen molar-refractivity contribution < 1.29 is 19.7 Å². The zero-order valence-electron chi connectivity index (χ0n) is 12.6. The Hall–Kier alpha value is -1.24. The summed E-state index contributed by atoms with van der Waals surface area (Å²) in [5.41, 5.74) is 0.731. The first-order chi connectivity index (χ1) is 10.6. The number of carbonyl (C=O) groups excluding carboxylic acids is 1. The number of carbonyl (C=O) groups is 1. The highest BCUT2D eigenvalue weighted by molar-refractivity contribution is 7.99. The molecular formula is C16H21NO4S. The smallest absolute Gasteiger partial charge is 0.256 e. The van der Waals surface area contributed by atoms with Crippen molar-refractivity contribution in [3.8, 4) is 5.75 Å². The number of nitrogens with zero attached hydrogens (tertiary/aromatic N) is 1. The number of benzene rings is 1. The van der Waals surface area contributed by atoms with E-state index in [2.05, 4.69) is 0 Å². The minimum Gasteiger partial charge on any atom is -0.508 e. The van der Waals surface area contributed by atoms with Crippen LogP contribution in [0.1, 0.15) is 34.9 Å². The fourth-order valence-electron chi connectivity index (χ4n) is 3.54. The van der Waals surface area contributed by atoms with Gasteiger partial charge in [0.05, 0.1) is 6.04 Å². The Balaban J connectivity index is 2.03. The Morgan fingerprint density at radius 1 is 1.36 bits per heavy atom. The van der Waals surface area contributed by atoms with Gasteiger partial charge < -0.3 is 19.8 Å². The zero-order chi connectivity index (χ0) is 15.7. The number of hydrogen-bond donors (Lipinski definition) is 2. The molecule has 2 atom stereocenters. The largest absolute Gasteiger partial charge is 0.508 e. The normalized spacial score (nSPS) is 26.1. The van der Waals surface area contributed by atoms with E-state index in [1.807, 2.05) is 11.8 Å². The third-order valence-corrected chi connectivity index (χ3v) is 5.62. The number of phenols is 1. The number of rotatable bonds is 3. The minimum absolute atomic E-state index is 0.00870. The molecule has 0 bridgehead atoms. The molecule has 2 aliphatic rings. The minimum atomic E-state index is -0.878. The van der Waals surface area contributed by atoms with E-state index in [1.54, 1.807) is 24.1 Å². The maximum absolute atomic E-state index is 12.8. The number of aliphatic hydroxyl groups excluding tert-OH is 1. The van der Waals surface area contributed by atoms with E-state index in [-0.39, 0.29) is 30.3 Å². The second-order valence-corrected chi connectivity index (χ2v) is 7.04. The number of ether oxygens (including phenoxy) is 1. The lowest BCUT2D eigenvalue weighted by molar-refractivity contribution is -0.0380. The topological polar surface area (TPSA) is 70.0 Å². The molecular weight excluding hydrogens is 302 g/mol. The maximum Gasteiger partial charge on any atom is 0.256 e. The number of aliphatic hydroxyl groups is 1. The van der Waals surface area contributed by atoms with Crippen molar-refractivity contribution in [2.45, 2.75) is 25.0 Å². The summed E-state index contributed by atoms with van der Waals surface area (Å²) in [5.74, 6) is 2.11. The van der Waals surface area contributed by atoms with Crippen LogP contribution in [0, 0.1) is 5.92 Å². The molecule has 0 spiro atoms. The number of amides is 1. The summed E-state index contributed by atoms with van der Waals surface area (Å²) < 4.78 is 5.19. The summed E-state index contributed by atoms with van der Waals surface area (Å²) >= 11 is 1.90. The van der Waals surface area contributed by atoms with Gasteiger partial charge in [0.25, 0.3) is 5.91 Å². The van der Waals surface area contributed by atoms with Gasteiger partial charge in [-0.15, -0.1) is 0 Å². The average molecular weight is 323 g/mol. The highest BCUT2D eigenvalue weighted by atomic mass is 32.2. The molecule has 2 unspecified atom stereocenters. The zero-order valence-corrected chi connectivity index (χ0v) is 13.4. The Morgan fingerprint density at radius 3 is 2.77 bits per heavy atom. The molecule has 22 heavy (non-hydrogen) atoms. The lowest BCUT2D eigenvalue weighted by Crippen LogP contribution is -2.53. The van der Waals surface area contributed by atoms with Crippen LogP contribution in [0.15, 0.2) is 18.2 Å². The van der Waals surface area contributed by atoms with Crippen molar-refractivity contribution in [2.24, 2.45) is 5.92 Å². The Kier molecular flexibility index (Phi) is 4.61. The fraction of sp³-hybridized carbons (Fsp3) is 0.562. The Labute approximate surface area is 134 Å². The number of phenolic OH excluding ortho intramolecular Hbond substituents is 1. The van der Waals surface area contributed by atoms with E-state index in [9.17, 15) is 15.0 Å². The fourth-order valence-corrected chi connectivity index (χ4v) is 4.68. The SMILES string of the molecule is COCN1C(=O)c2cccc(O)c2C(O)C1C1CCSCC1. The number of fused-ring (bicyclic) bond motifs is 1. The summed E-state index contributed by atoms with van der Waals surface area (Å²) in [7, 11) is 1.55. The first-order valence-electron chi connectivity index (χ1n) is 7.52. The molecule has 0 aliphatic carbocycles. The van der Waals surface area contributed by atoms with Crippen LogP contribution in [0.25, 0.3) is 0 Å².